The SMILES string of the molecule is CCC(CC)(c1cccc(O)c1)C(C)CCCN.Cl. The van der Waals surface area contributed by atoms with E-state index in [4.69, 9.17) is 5.73 Å². The second-order valence-corrected chi connectivity index (χ2v) is 5.25. The molecule has 3 N–H and O–H groups in total. The fourth-order valence-electron chi connectivity index (χ4n) is 3.16. The minimum atomic E-state index is 0. The summed E-state index contributed by atoms with van der Waals surface area (Å²) in [4.78, 5) is 0. The third-order valence-electron chi connectivity index (χ3n) is 4.47. The first kappa shape index (κ1) is 18.3. The van der Waals surface area contributed by atoms with Crippen LogP contribution in [0.25, 0.3) is 0 Å². The Kier molecular flexibility index (Phi) is 8.12. The number of hydrogen-bond acceptors (Lipinski definition) is 2. The topological polar surface area (TPSA) is 46.2 Å². The molecule has 0 fully saturated rings. The second kappa shape index (κ2) is 8.44. The summed E-state index contributed by atoms with van der Waals surface area (Å²) in [5, 5.41) is 9.71. The van der Waals surface area contributed by atoms with Crippen molar-refractivity contribution < 1.29 is 5.11 Å². The van der Waals surface area contributed by atoms with Crippen molar-refractivity contribution in [3.63, 3.8) is 0 Å². The Morgan fingerprint density at radius 2 is 1.89 bits per heavy atom. The summed E-state index contributed by atoms with van der Waals surface area (Å²) < 4.78 is 0. The van der Waals surface area contributed by atoms with E-state index < -0.39 is 0 Å². The Morgan fingerprint density at radius 1 is 1.26 bits per heavy atom. The van der Waals surface area contributed by atoms with Gasteiger partial charge in [0.1, 0.15) is 5.75 Å². The highest BCUT2D eigenvalue weighted by atomic mass is 35.5. The van der Waals surface area contributed by atoms with Gasteiger partial charge in [-0.2, -0.15) is 0 Å². The summed E-state index contributed by atoms with van der Waals surface area (Å²) in [6.07, 6.45) is 4.41. The highest BCUT2D eigenvalue weighted by Gasteiger charge is 2.34. The molecule has 19 heavy (non-hydrogen) atoms. The second-order valence-electron chi connectivity index (χ2n) is 5.25. The summed E-state index contributed by atoms with van der Waals surface area (Å²) >= 11 is 0. The first-order valence-electron chi connectivity index (χ1n) is 7.10. The molecule has 3 heteroatoms. The molecule has 0 radical (unpaired) electrons. The van der Waals surface area contributed by atoms with Crippen LogP contribution < -0.4 is 5.73 Å². The lowest BCUT2D eigenvalue weighted by molar-refractivity contribution is 0.247. The third-order valence-corrected chi connectivity index (χ3v) is 4.47. The molecule has 0 aliphatic heterocycles. The van der Waals surface area contributed by atoms with Crippen molar-refractivity contribution in [2.75, 3.05) is 6.54 Å². The molecule has 1 atom stereocenters. The third kappa shape index (κ3) is 4.12. The maximum absolute atomic E-state index is 9.71. The van der Waals surface area contributed by atoms with Crippen LogP contribution in [0.2, 0.25) is 0 Å². The molecule has 1 rings (SSSR count). The lowest BCUT2D eigenvalue weighted by Gasteiger charge is -2.39. The molecule has 0 saturated carbocycles. The zero-order valence-electron chi connectivity index (χ0n) is 12.4. The van der Waals surface area contributed by atoms with Crippen molar-refractivity contribution >= 4 is 12.4 Å². The Morgan fingerprint density at radius 3 is 2.37 bits per heavy atom. The van der Waals surface area contributed by atoms with Crippen molar-refractivity contribution in [1.29, 1.82) is 0 Å². The van der Waals surface area contributed by atoms with Crippen LogP contribution in [0.3, 0.4) is 0 Å². The van der Waals surface area contributed by atoms with Crippen molar-refractivity contribution in [3.8, 4) is 5.75 Å². The smallest absolute Gasteiger partial charge is 0.115 e. The summed E-state index contributed by atoms with van der Waals surface area (Å²) in [6.45, 7) is 7.56. The molecule has 0 amide bonds. The first-order chi connectivity index (χ1) is 8.60. The molecule has 2 nitrogen and oxygen atoms in total. The molecule has 0 heterocycles. The van der Waals surface area contributed by atoms with Gasteiger partial charge in [-0.15, -0.1) is 12.4 Å². The monoisotopic (exact) mass is 285 g/mol. The van der Waals surface area contributed by atoms with Crippen molar-refractivity contribution in [1.82, 2.24) is 0 Å². The van der Waals surface area contributed by atoms with Gasteiger partial charge in [0.25, 0.3) is 0 Å². The zero-order valence-corrected chi connectivity index (χ0v) is 13.2. The van der Waals surface area contributed by atoms with Crippen molar-refractivity contribution in [2.45, 2.75) is 51.9 Å². The fraction of sp³-hybridized carbons (Fsp3) is 0.625. The molecule has 0 aliphatic rings. The van der Waals surface area contributed by atoms with Gasteiger partial charge in [0, 0.05) is 0 Å². The average Bonchev–Trinajstić information content (AvgIpc) is 2.38. The van der Waals surface area contributed by atoms with Gasteiger partial charge < -0.3 is 10.8 Å². The Labute approximate surface area is 123 Å². The maximum atomic E-state index is 9.71. The number of benzene rings is 1. The van der Waals surface area contributed by atoms with E-state index in [9.17, 15) is 5.11 Å². The van der Waals surface area contributed by atoms with E-state index in [0.29, 0.717) is 11.7 Å². The van der Waals surface area contributed by atoms with Crippen molar-refractivity contribution in [2.24, 2.45) is 11.7 Å². The summed E-state index contributed by atoms with van der Waals surface area (Å²) in [7, 11) is 0. The lowest BCUT2D eigenvalue weighted by atomic mass is 9.66. The fourth-order valence-corrected chi connectivity index (χ4v) is 3.16. The minimum absolute atomic E-state index is 0. The maximum Gasteiger partial charge on any atom is 0.115 e. The molecule has 110 valence electrons. The highest BCUT2D eigenvalue weighted by Crippen LogP contribution is 2.41. The number of aromatic hydroxyl groups is 1. The molecule has 0 spiro atoms. The number of hydrogen-bond donors (Lipinski definition) is 2. The Hall–Kier alpha value is -0.730. The van der Waals surface area contributed by atoms with Crippen LogP contribution >= 0.6 is 12.4 Å². The van der Waals surface area contributed by atoms with Crippen LogP contribution in [-0.4, -0.2) is 11.7 Å². The minimum Gasteiger partial charge on any atom is -0.508 e. The Balaban J connectivity index is 0.00000324. The van der Waals surface area contributed by atoms with Gasteiger partial charge in [0.15, 0.2) is 0 Å². The van der Waals surface area contributed by atoms with Gasteiger partial charge in [0.2, 0.25) is 0 Å². The zero-order chi connectivity index (χ0) is 13.6. The molecule has 0 saturated heterocycles. The predicted molar refractivity (Wildman–Crippen MR) is 85.1 cm³/mol. The molecule has 1 aromatic rings. The predicted octanol–water partition coefficient (Wildman–Crippen LogP) is 4.25. The summed E-state index contributed by atoms with van der Waals surface area (Å²) in [5.74, 6) is 0.947. The van der Waals surface area contributed by atoms with Gasteiger partial charge >= 0.3 is 0 Å². The van der Waals surface area contributed by atoms with E-state index in [-0.39, 0.29) is 17.8 Å². The van der Waals surface area contributed by atoms with Gasteiger partial charge in [-0.3, -0.25) is 0 Å². The van der Waals surface area contributed by atoms with Crippen molar-refractivity contribution in [3.05, 3.63) is 29.8 Å². The Bertz CT molecular complexity index is 364. The number of phenols is 1. The summed E-state index contributed by atoms with van der Waals surface area (Å²) in [6, 6.07) is 7.75. The highest BCUT2D eigenvalue weighted by molar-refractivity contribution is 5.85. The van der Waals surface area contributed by atoms with Crippen LogP contribution in [-0.2, 0) is 5.41 Å². The standard InChI is InChI=1S/C16H27NO.ClH/c1-4-16(5-2,13(3)8-7-11-17)14-9-6-10-15(18)12-14;/h6,9-10,12-13,18H,4-5,7-8,11,17H2,1-3H3;1H. The van der Waals surface area contributed by atoms with Gasteiger partial charge in [0.05, 0.1) is 0 Å². The quantitative estimate of drug-likeness (QED) is 0.787. The van der Waals surface area contributed by atoms with Crippen LogP contribution in [0.1, 0.15) is 52.0 Å². The van der Waals surface area contributed by atoms with Crippen LogP contribution in [0.4, 0.5) is 0 Å². The van der Waals surface area contributed by atoms with Crippen LogP contribution in [0.15, 0.2) is 24.3 Å². The lowest BCUT2D eigenvalue weighted by Crippen LogP contribution is -2.33. The van der Waals surface area contributed by atoms with Crippen LogP contribution in [0.5, 0.6) is 5.75 Å². The molecule has 0 bridgehead atoms. The van der Waals surface area contributed by atoms with E-state index in [1.807, 2.05) is 12.1 Å². The normalized spacial score (nSPS) is 12.8. The molecule has 1 aromatic carbocycles. The van der Waals surface area contributed by atoms with Gasteiger partial charge in [-0.25, -0.2) is 0 Å². The first-order valence-corrected chi connectivity index (χ1v) is 7.10. The number of rotatable bonds is 7. The molecule has 0 aromatic heterocycles. The van der Waals surface area contributed by atoms with Gasteiger partial charge in [-0.1, -0.05) is 32.9 Å². The van der Waals surface area contributed by atoms with E-state index in [0.717, 1.165) is 32.2 Å². The summed E-state index contributed by atoms with van der Waals surface area (Å²) in [5.41, 5.74) is 7.05. The molecular weight excluding hydrogens is 258 g/mol. The largest absolute Gasteiger partial charge is 0.508 e. The van der Waals surface area contributed by atoms with E-state index in [2.05, 4.69) is 26.8 Å². The number of phenolic OH excluding ortho intramolecular Hbond substituents is 1. The molecule has 1 unspecified atom stereocenters. The van der Waals surface area contributed by atoms with E-state index in [1.54, 1.807) is 6.07 Å². The number of nitrogens with two attached hydrogens (primary N) is 1. The van der Waals surface area contributed by atoms with E-state index in [1.165, 1.54) is 5.56 Å². The van der Waals surface area contributed by atoms with Crippen LogP contribution in [0, 0.1) is 5.92 Å². The van der Waals surface area contributed by atoms with E-state index >= 15 is 0 Å². The average molecular weight is 286 g/mol. The molecule has 0 aliphatic carbocycles. The molecular formula is C16H28ClNO. The van der Waals surface area contributed by atoms with Gasteiger partial charge in [-0.05, 0) is 61.3 Å². The number of halogens is 1.